The summed E-state index contributed by atoms with van der Waals surface area (Å²) in [5, 5.41) is 3.27. The van der Waals surface area contributed by atoms with E-state index >= 15 is 0 Å². The Morgan fingerprint density at radius 3 is 2.52 bits per heavy atom. The van der Waals surface area contributed by atoms with Crippen LogP contribution in [0.3, 0.4) is 0 Å². The van der Waals surface area contributed by atoms with E-state index in [-0.39, 0.29) is 23.1 Å². The molecule has 3 aromatic rings. The molecular formula is C22H19FN2O2. The first kappa shape index (κ1) is 17.2. The van der Waals surface area contributed by atoms with E-state index in [9.17, 15) is 14.0 Å². The van der Waals surface area contributed by atoms with Crippen LogP contribution in [-0.2, 0) is 13.0 Å². The Bertz CT molecular complexity index is 1030. The van der Waals surface area contributed by atoms with Crippen LogP contribution >= 0.6 is 0 Å². The maximum Gasteiger partial charge on any atom is 0.252 e. The highest BCUT2D eigenvalue weighted by Gasteiger charge is 2.24. The standard InChI is InChI=1S/C22H19FN2O2/c23-18-8-6-17(7-9-18)21(27)19-10-11-20(26)25-14-16(13-24-22(19)25)12-15-4-2-1-3-5-15/h1-11,16,24H,12-14H2. The number of hydrogen-bond acceptors (Lipinski definition) is 3. The zero-order valence-corrected chi connectivity index (χ0v) is 14.7. The summed E-state index contributed by atoms with van der Waals surface area (Å²) in [5.74, 6) is 0.183. The van der Waals surface area contributed by atoms with Crippen molar-refractivity contribution in [2.45, 2.75) is 13.0 Å². The van der Waals surface area contributed by atoms with Gasteiger partial charge in [-0.3, -0.25) is 14.2 Å². The van der Waals surface area contributed by atoms with Crippen molar-refractivity contribution >= 4 is 11.6 Å². The molecular weight excluding hydrogens is 343 g/mol. The van der Waals surface area contributed by atoms with Crippen LogP contribution in [-0.4, -0.2) is 16.9 Å². The second-order valence-electron chi connectivity index (χ2n) is 6.82. The third kappa shape index (κ3) is 3.53. The molecule has 136 valence electrons. The zero-order valence-electron chi connectivity index (χ0n) is 14.7. The topological polar surface area (TPSA) is 51.1 Å². The lowest BCUT2D eigenvalue weighted by molar-refractivity contribution is 0.103. The van der Waals surface area contributed by atoms with Crippen molar-refractivity contribution in [2.24, 2.45) is 5.92 Å². The zero-order chi connectivity index (χ0) is 18.8. The van der Waals surface area contributed by atoms with Gasteiger partial charge in [0.1, 0.15) is 11.6 Å². The van der Waals surface area contributed by atoms with Gasteiger partial charge < -0.3 is 5.32 Å². The molecule has 4 rings (SSSR count). The Hall–Kier alpha value is -3.21. The minimum Gasteiger partial charge on any atom is -0.370 e. The summed E-state index contributed by atoms with van der Waals surface area (Å²) >= 11 is 0. The van der Waals surface area contributed by atoms with Crippen molar-refractivity contribution in [1.82, 2.24) is 4.57 Å². The summed E-state index contributed by atoms with van der Waals surface area (Å²) in [6, 6.07) is 18.6. The van der Waals surface area contributed by atoms with Crippen molar-refractivity contribution in [1.29, 1.82) is 0 Å². The molecule has 0 saturated carbocycles. The minimum atomic E-state index is -0.389. The Balaban J connectivity index is 1.63. The fraction of sp³-hybridized carbons (Fsp3) is 0.182. The molecule has 27 heavy (non-hydrogen) atoms. The van der Waals surface area contributed by atoms with Crippen LogP contribution in [0.25, 0.3) is 0 Å². The van der Waals surface area contributed by atoms with Crippen LogP contribution in [0.15, 0.2) is 71.5 Å². The van der Waals surface area contributed by atoms with Gasteiger partial charge in [0.05, 0.1) is 5.56 Å². The molecule has 1 aliphatic rings. The van der Waals surface area contributed by atoms with Gasteiger partial charge in [0, 0.05) is 24.7 Å². The summed E-state index contributed by atoms with van der Waals surface area (Å²) in [4.78, 5) is 25.2. The van der Waals surface area contributed by atoms with E-state index in [4.69, 9.17) is 0 Å². The molecule has 1 aliphatic heterocycles. The van der Waals surface area contributed by atoms with Crippen molar-refractivity contribution in [3.05, 3.63) is 99.6 Å². The lowest BCUT2D eigenvalue weighted by Gasteiger charge is -2.29. The Morgan fingerprint density at radius 2 is 1.78 bits per heavy atom. The van der Waals surface area contributed by atoms with E-state index in [1.807, 2.05) is 18.2 Å². The average Bonchev–Trinajstić information content (AvgIpc) is 2.69. The predicted octanol–water partition coefficient (Wildman–Crippen LogP) is 3.50. The third-order valence-corrected chi connectivity index (χ3v) is 4.90. The van der Waals surface area contributed by atoms with Gasteiger partial charge in [-0.2, -0.15) is 0 Å². The van der Waals surface area contributed by atoms with Crippen LogP contribution in [0.5, 0.6) is 0 Å². The summed E-state index contributed by atoms with van der Waals surface area (Å²) in [6.07, 6.45) is 0.857. The summed E-state index contributed by atoms with van der Waals surface area (Å²) in [6.45, 7) is 1.24. The first-order valence-corrected chi connectivity index (χ1v) is 8.94. The number of aromatic nitrogens is 1. The molecule has 1 unspecified atom stereocenters. The molecule has 5 heteroatoms. The number of anilines is 1. The Labute approximate surface area is 156 Å². The number of nitrogens with one attached hydrogen (secondary N) is 1. The number of pyridine rings is 1. The van der Waals surface area contributed by atoms with Gasteiger partial charge in [-0.05, 0) is 48.2 Å². The summed E-state index contributed by atoms with van der Waals surface area (Å²) < 4.78 is 14.8. The Morgan fingerprint density at radius 1 is 1.04 bits per heavy atom. The number of halogens is 1. The van der Waals surface area contributed by atoms with Crippen molar-refractivity contribution < 1.29 is 9.18 Å². The molecule has 1 N–H and O–H groups in total. The highest BCUT2D eigenvalue weighted by molar-refractivity contribution is 6.11. The maximum absolute atomic E-state index is 13.1. The van der Waals surface area contributed by atoms with E-state index in [0.717, 1.165) is 6.42 Å². The fourth-order valence-corrected chi connectivity index (χ4v) is 3.54. The van der Waals surface area contributed by atoms with Crippen LogP contribution in [0.1, 0.15) is 21.5 Å². The molecule has 0 amide bonds. The molecule has 2 heterocycles. The first-order chi connectivity index (χ1) is 13.1. The highest BCUT2D eigenvalue weighted by atomic mass is 19.1. The average molecular weight is 362 g/mol. The SMILES string of the molecule is O=C(c1ccc(F)cc1)c1ccc(=O)n2c1NCC(Cc1ccccc1)C2. The monoisotopic (exact) mass is 362 g/mol. The van der Waals surface area contributed by atoms with E-state index in [1.165, 1.54) is 35.9 Å². The van der Waals surface area contributed by atoms with Crippen LogP contribution in [0, 0.1) is 11.7 Å². The normalized spacial score (nSPS) is 15.7. The van der Waals surface area contributed by atoms with Crippen molar-refractivity contribution in [3.8, 4) is 0 Å². The number of rotatable bonds is 4. The van der Waals surface area contributed by atoms with Crippen LogP contribution in [0.2, 0.25) is 0 Å². The minimum absolute atomic E-state index is 0.133. The molecule has 0 spiro atoms. The number of fused-ring (bicyclic) bond motifs is 1. The lowest BCUT2D eigenvalue weighted by atomic mass is 9.96. The molecule has 0 bridgehead atoms. The quantitative estimate of drug-likeness (QED) is 0.723. The largest absolute Gasteiger partial charge is 0.370 e. The molecule has 1 atom stereocenters. The van der Waals surface area contributed by atoms with Gasteiger partial charge >= 0.3 is 0 Å². The number of carbonyl (C=O) groups excluding carboxylic acids is 1. The number of ketones is 1. The molecule has 0 radical (unpaired) electrons. The van der Waals surface area contributed by atoms with Gasteiger partial charge in [-0.1, -0.05) is 30.3 Å². The van der Waals surface area contributed by atoms with Gasteiger partial charge in [0.15, 0.2) is 5.78 Å². The van der Waals surface area contributed by atoms with Gasteiger partial charge in [-0.25, -0.2) is 4.39 Å². The maximum atomic E-state index is 13.1. The summed E-state index contributed by atoms with van der Waals surface area (Å²) in [5.41, 5.74) is 1.91. The number of carbonyl (C=O) groups is 1. The first-order valence-electron chi connectivity index (χ1n) is 8.94. The highest BCUT2D eigenvalue weighted by Crippen LogP contribution is 2.24. The number of nitrogens with zero attached hydrogens (tertiary/aromatic N) is 1. The molecule has 4 nitrogen and oxygen atoms in total. The van der Waals surface area contributed by atoms with E-state index < -0.39 is 0 Å². The second kappa shape index (κ2) is 7.19. The van der Waals surface area contributed by atoms with Crippen LogP contribution in [0.4, 0.5) is 10.2 Å². The summed E-state index contributed by atoms with van der Waals surface area (Å²) in [7, 11) is 0. The lowest BCUT2D eigenvalue weighted by Crippen LogP contribution is -2.37. The van der Waals surface area contributed by atoms with E-state index in [0.29, 0.717) is 30.0 Å². The van der Waals surface area contributed by atoms with Crippen molar-refractivity contribution in [3.63, 3.8) is 0 Å². The Kier molecular flexibility index (Phi) is 4.59. The molecule has 0 aliphatic carbocycles. The van der Waals surface area contributed by atoms with E-state index in [1.54, 1.807) is 10.6 Å². The predicted molar refractivity (Wildman–Crippen MR) is 103 cm³/mol. The van der Waals surface area contributed by atoms with Gasteiger partial charge in [-0.15, -0.1) is 0 Å². The van der Waals surface area contributed by atoms with E-state index in [2.05, 4.69) is 17.4 Å². The number of benzene rings is 2. The molecule has 0 fully saturated rings. The molecule has 1 aromatic heterocycles. The smallest absolute Gasteiger partial charge is 0.252 e. The second-order valence-corrected chi connectivity index (χ2v) is 6.82. The molecule has 2 aromatic carbocycles. The number of hydrogen-bond donors (Lipinski definition) is 1. The van der Waals surface area contributed by atoms with Crippen molar-refractivity contribution in [2.75, 3.05) is 11.9 Å². The fourth-order valence-electron chi connectivity index (χ4n) is 3.54. The van der Waals surface area contributed by atoms with Gasteiger partial charge in [0.25, 0.3) is 5.56 Å². The molecule has 0 saturated heterocycles. The third-order valence-electron chi connectivity index (χ3n) is 4.90. The van der Waals surface area contributed by atoms with Gasteiger partial charge in [0.2, 0.25) is 0 Å². The van der Waals surface area contributed by atoms with Crippen LogP contribution < -0.4 is 10.9 Å².